The Hall–Kier alpha value is -2.97. The highest BCUT2D eigenvalue weighted by molar-refractivity contribution is 7.90. The highest BCUT2D eigenvalue weighted by Crippen LogP contribution is 2.21. The maximum absolute atomic E-state index is 12.5. The van der Waals surface area contributed by atoms with Crippen LogP contribution in [0.25, 0.3) is 0 Å². The number of thiophene rings is 1. The summed E-state index contributed by atoms with van der Waals surface area (Å²) in [5.41, 5.74) is 2.15. The van der Waals surface area contributed by atoms with Gasteiger partial charge in [0.1, 0.15) is 0 Å². The van der Waals surface area contributed by atoms with Crippen LogP contribution >= 0.6 is 11.3 Å². The van der Waals surface area contributed by atoms with Crippen molar-refractivity contribution in [2.45, 2.75) is 11.8 Å². The smallest absolute Gasteiger partial charge is 0.265 e. The molecule has 0 atom stereocenters. The van der Waals surface area contributed by atoms with E-state index >= 15 is 0 Å². The van der Waals surface area contributed by atoms with Crippen LogP contribution in [0, 0.1) is 6.92 Å². The van der Waals surface area contributed by atoms with Crippen LogP contribution in [0.2, 0.25) is 0 Å². The summed E-state index contributed by atoms with van der Waals surface area (Å²) < 4.78 is 23.4. The summed E-state index contributed by atoms with van der Waals surface area (Å²) >= 11 is 1.34. The second kappa shape index (κ2) is 7.95. The number of hydrogen-bond acceptors (Lipinski definition) is 5. The van der Waals surface area contributed by atoms with Gasteiger partial charge in [-0.25, -0.2) is 8.42 Å². The zero-order chi connectivity index (χ0) is 20.3. The fraction of sp³-hybridized carbons (Fsp3) is 0.100. The van der Waals surface area contributed by atoms with Gasteiger partial charge in [0.2, 0.25) is 0 Å². The molecule has 28 heavy (non-hydrogen) atoms. The van der Waals surface area contributed by atoms with Crippen molar-refractivity contribution in [2.75, 3.05) is 16.9 Å². The Morgan fingerprint density at radius 3 is 2.25 bits per heavy atom. The summed E-state index contributed by atoms with van der Waals surface area (Å²) in [6, 6.07) is 14.6. The van der Waals surface area contributed by atoms with Crippen LogP contribution in [0.3, 0.4) is 0 Å². The molecule has 2 amide bonds. The van der Waals surface area contributed by atoms with E-state index in [4.69, 9.17) is 0 Å². The van der Waals surface area contributed by atoms with Crippen LogP contribution in [-0.2, 0) is 9.84 Å². The van der Waals surface area contributed by atoms with Crippen molar-refractivity contribution >= 4 is 44.4 Å². The standard InChI is InChI=1S/C20H18N2O4S2/c1-13-5-10-16(28(2,25)26)12-17(13)22-19(23)14-6-8-15(9-7-14)21-20(24)18-4-3-11-27-18/h3-12H,1-2H3,(H,21,24)(H,22,23). The first-order valence-electron chi connectivity index (χ1n) is 8.31. The molecule has 0 aliphatic rings. The monoisotopic (exact) mass is 414 g/mol. The summed E-state index contributed by atoms with van der Waals surface area (Å²) in [5, 5.41) is 7.32. The molecule has 1 heterocycles. The molecular weight excluding hydrogens is 396 g/mol. The highest BCUT2D eigenvalue weighted by Gasteiger charge is 2.13. The number of aryl methyl sites for hydroxylation is 1. The van der Waals surface area contributed by atoms with Gasteiger partial charge in [-0.15, -0.1) is 11.3 Å². The van der Waals surface area contributed by atoms with E-state index in [9.17, 15) is 18.0 Å². The lowest BCUT2D eigenvalue weighted by molar-refractivity contribution is 0.102. The third-order valence-electron chi connectivity index (χ3n) is 4.04. The van der Waals surface area contributed by atoms with E-state index in [0.29, 0.717) is 21.8 Å². The van der Waals surface area contributed by atoms with Gasteiger partial charge in [-0.2, -0.15) is 0 Å². The largest absolute Gasteiger partial charge is 0.322 e. The fourth-order valence-electron chi connectivity index (χ4n) is 2.47. The molecular formula is C20H18N2O4S2. The van der Waals surface area contributed by atoms with Crippen LogP contribution < -0.4 is 10.6 Å². The van der Waals surface area contributed by atoms with Gasteiger partial charge in [0.25, 0.3) is 11.8 Å². The highest BCUT2D eigenvalue weighted by atomic mass is 32.2. The summed E-state index contributed by atoms with van der Waals surface area (Å²) in [6.07, 6.45) is 1.12. The lowest BCUT2D eigenvalue weighted by Gasteiger charge is -2.11. The number of rotatable bonds is 5. The molecule has 6 nitrogen and oxygen atoms in total. The number of carbonyl (C=O) groups excluding carboxylic acids is 2. The average molecular weight is 415 g/mol. The molecule has 1 aromatic heterocycles. The third-order valence-corrected chi connectivity index (χ3v) is 6.01. The molecule has 2 aromatic carbocycles. The summed E-state index contributed by atoms with van der Waals surface area (Å²) in [7, 11) is -3.37. The van der Waals surface area contributed by atoms with Gasteiger partial charge in [-0.1, -0.05) is 12.1 Å². The molecule has 8 heteroatoms. The minimum atomic E-state index is -3.37. The van der Waals surface area contributed by atoms with Gasteiger partial charge in [0.15, 0.2) is 9.84 Å². The number of carbonyl (C=O) groups is 2. The molecule has 0 radical (unpaired) electrons. The second-order valence-corrected chi connectivity index (χ2v) is 9.18. The number of benzene rings is 2. The Kier molecular flexibility index (Phi) is 5.62. The molecule has 0 unspecified atom stereocenters. The van der Waals surface area contributed by atoms with E-state index in [0.717, 1.165) is 11.8 Å². The quantitative estimate of drug-likeness (QED) is 0.661. The Morgan fingerprint density at radius 1 is 0.929 bits per heavy atom. The van der Waals surface area contributed by atoms with Gasteiger partial charge in [-0.05, 0) is 60.3 Å². The Morgan fingerprint density at radius 2 is 1.64 bits per heavy atom. The molecule has 2 N–H and O–H groups in total. The van der Waals surface area contributed by atoms with Crippen molar-refractivity contribution < 1.29 is 18.0 Å². The molecule has 0 fully saturated rings. The minimum absolute atomic E-state index is 0.139. The number of sulfone groups is 1. The van der Waals surface area contributed by atoms with Crippen molar-refractivity contribution in [1.82, 2.24) is 0 Å². The third kappa shape index (κ3) is 4.65. The average Bonchev–Trinajstić information content (AvgIpc) is 3.18. The number of amides is 2. The van der Waals surface area contributed by atoms with Gasteiger partial charge in [0.05, 0.1) is 9.77 Å². The predicted molar refractivity (Wildman–Crippen MR) is 111 cm³/mol. The van der Waals surface area contributed by atoms with Crippen LogP contribution in [0.4, 0.5) is 11.4 Å². The summed E-state index contributed by atoms with van der Waals surface area (Å²) in [5.74, 6) is -0.578. The fourth-order valence-corrected chi connectivity index (χ4v) is 3.73. The van der Waals surface area contributed by atoms with E-state index in [1.165, 1.54) is 23.5 Å². The first kappa shape index (κ1) is 19.8. The van der Waals surface area contributed by atoms with E-state index < -0.39 is 9.84 Å². The van der Waals surface area contributed by atoms with Gasteiger partial charge in [0, 0.05) is 23.2 Å². The molecule has 3 aromatic rings. The first-order valence-corrected chi connectivity index (χ1v) is 11.1. The van der Waals surface area contributed by atoms with Crippen LogP contribution in [-0.4, -0.2) is 26.5 Å². The topological polar surface area (TPSA) is 92.3 Å². The number of anilines is 2. The molecule has 0 aliphatic heterocycles. The van der Waals surface area contributed by atoms with Crippen molar-refractivity contribution in [3.8, 4) is 0 Å². The molecule has 0 spiro atoms. The van der Waals surface area contributed by atoms with Crippen LogP contribution in [0.15, 0.2) is 64.9 Å². The normalized spacial score (nSPS) is 11.1. The molecule has 0 saturated heterocycles. The molecule has 0 saturated carbocycles. The van der Waals surface area contributed by atoms with Crippen molar-refractivity contribution in [3.05, 3.63) is 76.0 Å². The van der Waals surface area contributed by atoms with E-state index in [2.05, 4.69) is 10.6 Å². The number of nitrogens with one attached hydrogen (secondary N) is 2. The molecule has 0 aliphatic carbocycles. The lowest BCUT2D eigenvalue weighted by Crippen LogP contribution is -2.14. The van der Waals surface area contributed by atoms with Crippen molar-refractivity contribution in [2.24, 2.45) is 0 Å². The molecule has 3 rings (SSSR count). The zero-order valence-corrected chi connectivity index (χ0v) is 16.9. The Bertz CT molecular complexity index is 1120. The lowest BCUT2D eigenvalue weighted by atomic mass is 10.1. The predicted octanol–water partition coefficient (Wildman–Crippen LogP) is 3.96. The summed E-state index contributed by atoms with van der Waals surface area (Å²) in [6.45, 7) is 1.78. The molecule has 144 valence electrons. The maximum Gasteiger partial charge on any atom is 0.265 e. The van der Waals surface area contributed by atoms with E-state index in [1.54, 1.807) is 49.4 Å². The van der Waals surface area contributed by atoms with Gasteiger partial charge in [-0.3, -0.25) is 9.59 Å². The Labute approximate surface area is 167 Å². The van der Waals surface area contributed by atoms with Crippen molar-refractivity contribution in [3.63, 3.8) is 0 Å². The van der Waals surface area contributed by atoms with Crippen molar-refractivity contribution in [1.29, 1.82) is 0 Å². The maximum atomic E-state index is 12.5. The number of hydrogen-bond donors (Lipinski definition) is 2. The first-order chi connectivity index (χ1) is 13.2. The van der Waals surface area contributed by atoms with E-state index in [1.807, 2.05) is 5.38 Å². The van der Waals surface area contributed by atoms with Gasteiger partial charge >= 0.3 is 0 Å². The van der Waals surface area contributed by atoms with Crippen LogP contribution in [0.1, 0.15) is 25.6 Å². The van der Waals surface area contributed by atoms with Crippen LogP contribution in [0.5, 0.6) is 0 Å². The molecule has 0 bridgehead atoms. The Balaban J connectivity index is 1.72. The summed E-state index contributed by atoms with van der Waals surface area (Å²) in [4.78, 5) is 25.3. The SMILES string of the molecule is Cc1ccc(S(C)(=O)=O)cc1NC(=O)c1ccc(NC(=O)c2cccs2)cc1. The minimum Gasteiger partial charge on any atom is -0.322 e. The van der Waals surface area contributed by atoms with Gasteiger partial charge < -0.3 is 10.6 Å². The van der Waals surface area contributed by atoms with E-state index in [-0.39, 0.29) is 16.7 Å². The second-order valence-electron chi connectivity index (χ2n) is 6.21. The zero-order valence-electron chi connectivity index (χ0n) is 15.2.